The minimum Gasteiger partial charge on any atom is -0.376 e. The van der Waals surface area contributed by atoms with E-state index in [2.05, 4.69) is 5.32 Å². The molecule has 1 aliphatic heterocycles. The molecule has 2 aromatic carbocycles. The number of carbonyl (C=O) groups is 1. The lowest BCUT2D eigenvalue weighted by Crippen LogP contribution is -2.41. The lowest BCUT2D eigenvalue weighted by atomic mass is 9.97. The van der Waals surface area contributed by atoms with Crippen molar-refractivity contribution in [3.8, 4) is 0 Å². The summed E-state index contributed by atoms with van der Waals surface area (Å²) >= 11 is 0. The van der Waals surface area contributed by atoms with Crippen LogP contribution >= 0.6 is 0 Å². The van der Waals surface area contributed by atoms with Crippen LogP contribution in [0.1, 0.15) is 24.0 Å². The second-order valence-corrected chi connectivity index (χ2v) is 9.76. The summed E-state index contributed by atoms with van der Waals surface area (Å²) in [5.74, 6) is -0.251. The predicted molar refractivity (Wildman–Crippen MR) is 117 cm³/mol. The van der Waals surface area contributed by atoms with E-state index >= 15 is 0 Å². The molecule has 7 heteroatoms. The van der Waals surface area contributed by atoms with Gasteiger partial charge in [0.25, 0.3) is 0 Å². The van der Waals surface area contributed by atoms with Gasteiger partial charge in [-0.3, -0.25) is 4.79 Å². The van der Waals surface area contributed by atoms with Crippen LogP contribution in [0.25, 0.3) is 0 Å². The normalized spacial score (nSPS) is 15.9. The molecule has 3 rings (SSSR count). The molecular formula is C22H29N3O3S. The Labute approximate surface area is 173 Å². The molecule has 1 aliphatic rings. The van der Waals surface area contributed by atoms with Gasteiger partial charge in [-0.05, 0) is 62.1 Å². The van der Waals surface area contributed by atoms with Gasteiger partial charge < -0.3 is 10.2 Å². The molecule has 6 nitrogen and oxygen atoms in total. The van der Waals surface area contributed by atoms with Gasteiger partial charge >= 0.3 is 0 Å². The van der Waals surface area contributed by atoms with Crippen LogP contribution in [0.4, 0.5) is 11.4 Å². The number of carbonyl (C=O) groups excluding carboxylic acids is 1. The number of hydrogen-bond acceptors (Lipinski definition) is 4. The van der Waals surface area contributed by atoms with Crippen LogP contribution < -0.4 is 10.2 Å². The van der Waals surface area contributed by atoms with Crippen molar-refractivity contribution in [3.05, 3.63) is 53.6 Å². The summed E-state index contributed by atoms with van der Waals surface area (Å²) in [6.45, 7) is 4.58. The van der Waals surface area contributed by atoms with Crippen LogP contribution in [0, 0.1) is 19.8 Å². The second kappa shape index (κ2) is 8.55. The van der Waals surface area contributed by atoms with Crippen LogP contribution in [-0.4, -0.2) is 45.8 Å². The molecule has 0 saturated carbocycles. The molecule has 0 aromatic heterocycles. The van der Waals surface area contributed by atoms with Crippen LogP contribution in [0.3, 0.4) is 0 Å². The third kappa shape index (κ3) is 4.62. The van der Waals surface area contributed by atoms with Crippen LogP contribution in [-0.2, 0) is 14.8 Å². The van der Waals surface area contributed by atoms with Gasteiger partial charge in [0.05, 0.1) is 16.3 Å². The van der Waals surface area contributed by atoms with E-state index in [1.807, 2.05) is 63.2 Å². The Hall–Kier alpha value is -2.38. The maximum Gasteiger partial charge on any atom is 0.243 e. The van der Waals surface area contributed by atoms with Crippen molar-refractivity contribution < 1.29 is 13.2 Å². The first-order valence-electron chi connectivity index (χ1n) is 9.85. The Morgan fingerprint density at radius 3 is 2.31 bits per heavy atom. The average Bonchev–Trinajstić information content (AvgIpc) is 2.70. The van der Waals surface area contributed by atoms with Crippen molar-refractivity contribution in [2.45, 2.75) is 31.6 Å². The third-order valence-electron chi connectivity index (χ3n) is 5.58. The van der Waals surface area contributed by atoms with Crippen molar-refractivity contribution in [1.82, 2.24) is 4.31 Å². The molecule has 0 aliphatic carbocycles. The number of nitrogens with zero attached hydrogens (tertiary/aromatic N) is 2. The molecule has 1 fully saturated rings. The summed E-state index contributed by atoms with van der Waals surface area (Å²) < 4.78 is 27.4. The summed E-state index contributed by atoms with van der Waals surface area (Å²) in [6.07, 6.45) is 1.03. The largest absolute Gasteiger partial charge is 0.376 e. The zero-order valence-corrected chi connectivity index (χ0v) is 18.3. The van der Waals surface area contributed by atoms with E-state index < -0.39 is 10.0 Å². The highest BCUT2D eigenvalue weighted by Gasteiger charge is 2.32. The number of anilines is 2. The predicted octanol–water partition coefficient (Wildman–Crippen LogP) is 3.41. The minimum absolute atomic E-state index is 0.0532. The molecule has 0 radical (unpaired) electrons. The van der Waals surface area contributed by atoms with Gasteiger partial charge in [0.2, 0.25) is 15.9 Å². The summed E-state index contributed by atoms with van der Waals surface area (Å²) in [4.78, 5) is 15.0. The van der Waals surface area contributed by atoms with E-state index in [1.165, 1.54) is 4.31 Å². The van der Waals surface area contributed by atoms with Crippen LogP contribution in [0.2, 0.25) is 0 Å². The Morgan fingerprint density at radius 1 is 1.03 bits per heavy atom. The zero-order chi connectivity index (χ0) is 21.2. The fraction of sp³-hybridized carbons (Fsp3) is 0.409. The smallest absolute Gasteiger partial charge is 0.243 e. The van der Waals surface area contributed by atoms with Gasteiger partial charge in [-0.2, -0.15) is 4.31 Å². The fourth-order valence-corrected chi connectivity index (χ4v) is 5.14. The molecule has 156 valence electrons. The summed E-state index contributed by atoms with van der Waals surface area (Å²) in [5.41, 5.74) is 3.74. The van der Waals surface area contributed by atoms with Crippen molar-refractivity contribution in [1.29, 1.82) is 0 Å². The minimum atomic E-state index is -3.53. The first-order valence-corrected chi connectivity index (χ1v) is 11.3. The molecule has 29 heavy (non-hydrogen) atoms. The number of nitrogens with one attached hydrogen (secondary N) is 1. The number of benzene rings is 2. The van der Waals surface area contributed by atoms with Gasteiger partial charge in [0.1, 0.15) is 0 Å². The third-order valence-corrected chi connectivity index (χ3v) is 7.48. The van der Waals surface area contributed by atoms with Gasteiger partial charge in [-0.25, -0.2) is 8.42 Å². The van der Waals surface area contributed by atoms with Gasteiger partial charge in [-0.1, -0.05) is 18.2 Å². The number of piperidine rings is 1. The lowest BCUT2D eigenvalue weighted by Gasteiger charge is -2.31. The van der Waals surface area contributed by atoms with Crippen molar-refractivity contribution in [2.75, 3.05) is 37.4 Å². The fourth-order valence-electron chi connectivity index (χ4n) is 3.59. The molecule has 1 heterocycles. The van der Waals surface area contributed by atoms with Gasteiger partial charge in [0.15, 0.2) is 0 Å². The SMILES string of the molecule is Cc1ccc(S(=O)(=O)N2CCC(C(=O)Nc3ccccc3N(C)C)CC2)cc1C. The molecule has 1 saturated heterocycles. The van der Waals surface area contributed by atoms with Gasteiger partial charge in [0, 0.05) is 33.1 Å². The Morgan fingerprint density at radius 2 is 1.69 bits per heavy atom. The van der Waals surface area contributed by atoms with E-state index in [0.29, 0.717) is 30.8 Å². The standard InChI is InChI=1S/C22H29N3O3S/c1-16-9-10-19(15-17(16)2)29(27,28)25-13-11-18(12-14-25)22(26)23-20-7-5-6-8-21(20)24(3)4/h5-10,15,18H,11-14H2,1-4H3,(H,23,26). The quantitative estimate of drug-likeness (QED) is 0.813. The van der Waals surface area contributed by atoms with E-state index in [-0.39, 0.29) is 11.8 Å². The van der Waals surface area contributed by atoms with Crippen LogP contribution in [0.5, 0.6) is 0 Å². The van der Waals surface area contributed by atoms with E-state index in [4.69, 9.17) is 0 Å². The maximum atomic E-state index is 13.0. The maximum absolute atomic E-state index is 13.0. The average molecular weight is 416 g/mol. The molecule has 0 atom stereocenters. The summed E-state index contributed by atoms with van der Waals surface area (Å²) in [6, 6.07) is 12.9. The zero-order valence-electron chi connectivity index (χ0n) is 17.5. The Kier molecular flexibility index (Phi) is 6.29. The molecular weight excluding hydrogens is 386 g/mol. The highest BCUT2D eigenvalue weighted by Crippen LogP contribution is 2.28. The Bertz CT molecular complexity index is 994. The number of para-hydroxylation sites is 2. The Balaban J connectivity index is 1.66. The molecule has 0 unspecified atom stereocenters. The number of rotatable bonds is 5. The molecule has 1 N–H and O–H groups in total. The van der Waals surface area contributed by atoms with Crippen LogP contribution in [0.15, 0.2) is 47.4 Å². The van der Waals surface area contributed by atoms with E-state index in [0.717, 1.165) is 22.5 Å². The molecule has 1 amide bonds. The van der Waals surface area contributed by atoms with Crippen molar-refractivity contribution >= 4 is 27.3 Å². The van der Waals surface area contributed by atoms with E-state index in [1.54, 1.807) is 12.1 Å². The molecule has 0 bridgehead atoms. The monoisotopic (exact) mass is 415 g/mol. The number of aryl methyl sites for hydroxylation is 2. The highest BCUT2D eigenvalue weighted by molar-refractivity contribution is 7.89. The first kappa shape index (κ1) is 21.3. The summed E-state index contributed by atoms with van der Waals surface area (Å²) in [7, 11) is 0.331. The second-order valence-electron chi connectivity index (χ2n) is 7.83. The molecule has 2 aromatic rings. The van der Waals surface area contributed by atoms with Crippen molar-refractivity contribution in [2.24, 2.45) is 5.92 Å². The summed E-state index contributed by atoms with van der Waals surface area (Å²) in [5, 5.41) is 3.01. The highest BCUT2D eigenvalue weighted by atomic mass is 32.2. The topological polar surface area (TPSA) is 69.7 Å². The molecule has 0 spiro atoms. The first-order chi connectivity index (χ1) is 13.7. The van der Waals surface area contributed by atoms with Crippen molar-refractivity contribution in [3.63, 3.8) is 0 Å². The number of amides is 1. The number of sulfonamides is 1. The number of hydrogen-bond donors (Lipinski definition) is 1. The van der Waals surface area contributed by atoms with Gasteiger partial charge in [-0.15, -0.1) is 0 Å². The lowest BCUT2D eigenvalue weighted by molar-refractivity contribution is -0.120. The van der Waals surface area contributed by atoms with E-state index in [9.17, 15) is 13.2 Å².